The predicted molar refractivity (Wildman–Crippen MR) is 119 cm³/mol. The lowest BCUT2D eigenvalue weighted by Crippen LogP contribution is -2.46. The molecule has 1 heterocycles. The summed E-state index contributed by atoms with van der Waals surface area (Å²) in [5, 5.41) is 6.05. The number of rotatable bonds is 7. The summed E-state index contributed by atoms with van der Waals surface area (Å²) in [7, 11) is 0. The van der Waals surface area contributed by atoms with Crippen LogP contribution in [-0.2, 0) is 11.3 Å². The van der Waals surface area contributed by atoms with E-state index < -0.39 is 0 Å². The van der Waals surface area contributed by atoms with E-state index in [9.17, 15) is 9.59 Å². The van der Waals surface area contributed by atoms with Gasteiger partial charge < -0.3 is 10.6 Å². The number of carbonyl (C=O) groups is 2. The van der Waals surface area contributed by atoms with Gasteiger partial charge in [-0.3, -0.25) is 14.5 Å². The van der Waals surface area contributed by atoms with Crippen molar-refractivity contribution in [2.75, 3.05) is 18.4 Å². The molecule has 2 fully saturated rings. The van der Waals surface area contributed by atoms with Crippen LogP contribution in [0.4, 0.5) is 5.69 Å². The third-order valence-corrected chi connectivity index (χ3v) is 6.34. The molecule has 5 nitrogen and oxygen atoms in total. The van der Waals surface area contributed by atoms with Crippen LogP contribution in [0.5, 0.6) is 0 Å². The van der Waals surface area contributed by atoms with Crippen molar-refractivity contribution in [3.8, 4) is 0 Å². The van der Waals surface area contributed by atoms with Gasteiger partial charge in [-0.25, -0.2) is 0 Å². The highest BCUT2D eigenvalue weighted by molar-refractivity contribution is 5.97. The fourth-order valence-corrected chi connectivity index (χ4v) is 4.26. The SMILES string of the molecule is CC1CC1C(=O)Nc1ccc(C(=O)NCC2CCCCN2Cc2ccccc2)cc1. The standard InChI is InChI=1S/C25H31N3O2/c1-18-15-23(18)25(30)27-21-12-10-20(11-13-21)24(29)26-16-22-9-5-6-14-28(22)17-19-7-3-2-4-8-19/h2-4,7-8,10-13,18,22-23H,5-6,9,14-17H2,1H3,(H,26,29)(H,27,30). The first-order chi connectivity index (χ1) is 14.6. The van der Waals surface area contributed by atoms with Crippen LogP contribution in [0.3, 0.4) is 0 Å². The van der Waals surface area contributed by atoms with Gasteiger partial charge in [0.25, 0.3) is 5.91 Å². The minimum atomic E-state index is -0.0612. The number of carbonyl (C=O) groups excluding carboxylic acids is 2. The summed E-state index contributed by atoms with van der Waals surface area (Å²) in [6.07, 6.45) is 4.50. The quantitative estimate of drug-likeness (QED) is 0.730. The summed E-state index contributed by atoms with van der Waals surface area (Å²) in [6, 6.07) is 18.1. The first-order valence-electron chi connectivity index (χ1n) is 11.1. The summed E-state index contributed by atoms with van der Waals surface area (Å²) in [6.45, 7) is 4.74. The van der Waals surface area contributed by atoms with E-state index in [1.807, 2.05) is 18.2 Å². The van der Waals surface area contributed by atoms with Gasteiger partial charge in [0, 0.05) is 36.3 Å². The first kappa shape index (κ1) is 20.6. The largest absolute Gasteiger partial charge is 0.350 e. The molecular weight excluding hydrogens is 374 g/mol. The zero-order valence-electron chi connectivity index (χ0n) is 17.6. The first-order valence-corrected chi connectivity index (χ1v) is 11.1. The highest BCUT2D eigenvalue weighted by atomic mass is 16.2. The molecule has 2 aromatic rings. The fourth-order valence-electron chi connectivity index (χ4n) is 4.26. The van der Waals surface area contributed by atoms with Crippen LogP contribution < -0.4 is 10.6 Å². The molecule has 4 rings (SSSR count). The molecule has 1 aliphatic heterocycles. The second-order valence-electron chi connectivity index (χ2n) is 8.70. The molecule has 1 saturated heterocycles. The summed E-state index contributed by atoms with van der Waals surface area (Å²) in [5.41, 5.74) is 2.68. The Bertz CT molecular complexity index is 866. The Morgan fingerprint density at radius 2 is 1.77 bits per heavy atom. The topological polar surface area (TPSA) is 61.4 Å². The van der Waals surface area contributed by atoms with Gasteiger partial charge >= 0.3 is 0 Å². The van der Waals surface area contributed by atoms with Gasteiger partial charge in [-0.1, -0.05) is 43.7 Å². The van der Waals surface area contributed by atoms with E-state index in [0.29, 0.717) is 24.1 Å². The molecule has 0 bridgehead atoms. The number of amides is 2. The van der Waals surface area contributed by atoms with Crippen molar-refractivity contribution in [1.29, 1.82) is 0 Å². The third-order valence-electron chi connectivity index (χ3n) is 6.34. The van der Waals surface area contributed by atoms with Crippen molar-refractivity contribution < 1.29 is 9.59 Å². The number of nitrogens with one attached hydrogen (secondary N) is 2. The van der Waals surface area contributed by atoms with Crippen molar-refractivity contribution in [2.45, 2.75) is 45.2 Å². The molecule has 0 spiro atoms. The molecule has 1 saturated carbocycles. The Balaban J connectivity index is 1.29. The minimum Gasteiger partial charge on any atom is -0.350 e. The van der Waals surface area contributed by atoms with Gasteiger partial charge in [0.15, 0.2) is 0 Å². The smallest absolute Gasteiger partial charge is 0.251 e. The van der Waals surface area contributed by atoms with Crippen molar-refractivity contribution in [1.82, 2.24) is 10.2 Å². The molecule has 3 unspecified atom stereocenters. The summed E-state index contributed by atoms with van der Waals surface area (Å²) in [5.74, 6) is 0.642. The monoisotopic (exact) mass is 405 g/mol. The molecule has 2 aliphatic rings. The van der Waals surface area contributed by atoms with Gasteiger partial charge in [-0.2, -0.15) is 0 Å². The molecule has 2 N–H and O–H groups in total. The maximum Gasteiger partial charge on any atom is 0.251 e. The number of benzene rings is 2. The Morgan fingerprint density at radius 3 is 2.47 bits per heavy atom. The fraction of sp³-hybridized carbons (Fsp3) is 0.440. The summed E-state index contributed by atoms with van der Waals surface area (Å²) in [4.78, 5) is 27.2. The van der Waals surface area contributed by atoms with E-state index in [1.165, 1.54) is 18.4 Å². The molecule has 30 heavy (non-hydrogen) atoms. The number of hydrogen-bond donors (Lipinski definition) is 2. The van der Waals surface area contributed by atoms with E-state index in [-0.39, 0.29) is 17.7 Å². The molecule has 2 aromatic carbocycles. The molecule has 0 aromatic heterocycles. The molecule has 0 radical (unpaired) electrons. The van der Waals surface area contributed by atoms with E-state index in [1.54, 1.807) is 12.1 Å². The van der Waals surface area contributed by atoms with Crippen LogP contribution in [0.1, 0.15) is 48.5 Å². The Kier molecular flexibility index (Phi) is 6.48. The average Bonchev–Trinajstić information content (AvgIpc) is 3.51. The van der Waals surface area contributed by atoms with E-state index in [2.05, 4.69) is 46.7 Å². The van der Waals surface area contributed by atoms with Crippen molar-refractivity contribution in [3.05, 3.63) is 65.7 Å². The Morgan fingerprint density at radius 1 is 1.03 bits per heavy atom. The van der Waals surface area contributed by atoms with Crippen LogP contribution in [-0.4, -0.2) is 35.8 Å². The highest BCUT2D eigenvalue weighted by Crippen LogP contribution is 2.38. The minimum absolute atomic E-state index is 0.0612. The van der Waals surface area contributed by atoms with E-state index in [4.69, 9.17) is 0 Å². The number of likely N-dealkylation sites (tertiary alicyclic amines) is 1. The third kappa shape index (κ3) is 5.28. The van der Waals surface area contributed by atoms with E-state index >= 15 is 0 Å². The molecule has 3 atom stereocenters. The average molecular weight is 406 g/mol. The lowest BCUT2D eigenvalue weighted by atomic mass is 10.0. The molecule has 1 aliphatic carbocycles. The number of hydrogen-bond acceptors (Lipinski definition) is 3. The lowest BCUT2D eigenvalue weighted by Gasteiger charge is -2.36. The molecule has 2 amide bonds. The van der Waals surface area contributed by atoms with Crippen LogP contribution in [0.15, 0.2) is 54.6 Å². The normalized spacial score (nSPS) is 23.6. The zero-order valence-corrected chi connectivity index (χ0v) is 17.6. The summed E-state index contributed by atoms with van der Waals surface area (Å²) >= 11 is 0. The van der Waals surface area contributed by atoms with Gasteiger partial charge in [-0.15, -0.1) is 0 Å². The van der Waals surface area contributed by atoms with Crippen molar-refractivity contribution >= 4 is 17.5 Å². The van der Waals surface area contributed by atoms with Crippen molar-refractivity contribution in [2.24, 2.45) is 11.8 Å². The molecule has 158 valence electrons. The van der Waals surface area contributed by atoms with Gasteiger partial charge in [0.05, 0.1) is 0 Å². The molecular formula is C25H31N3O2. The van der Waals surface area contributed by atoms with Crippen LogP contribution in [0.2, 0.25) is 0 Å². The van der Waals surface area contributed by atoms with Crippen molar-refractivity contribution in [3.63, 3.8) is 0 Å². The highest BCUT2D eigenvalue weighted by Gasteiger charge is 2.39. The summed E-state index contributed by atoms with van der Waals surface area (Å²) < 4.78 is 0. The van der Waals surface area contributed by atoms with Crippen LogP contribution >= 0.6 is 0 Å². The number of piperidine rings is 1. The van der Waals surface area contributed by atoms with E-state index in [0.717, 1.165) is 31.6 Å². The predicted octanol–water partition coefficient (Wildman–Crippen LogP) is 4.07. The zero-order chi connectivity index (χ0) is 20.9. The van der Waals surface area contributed by atoms with Crippen LogP contribution in [0, 0.1) is 11.8 Å². The number of anilines is 1. The molecule has 5 heteroatoms. The maximum atomic E-state index is 12.6. The second kappa shape index (κ2) is 9.43. The maximum absolute atomic E-state index is 12.6. The number of nitrogens with zero attached hydrogens (tertiary/aromatic N) is 1. The Hall–Kier alpha value is -2.66. The lowest BCUT2D eigenvalue weighted by molar-refractivity contribution is -0.117. The van der Waals surface area contributed by atoms with Gasteiger partial charge in [0.2, 0.25) is 5.91 Å². The Labute approximate surface area is 178 Å². The van der Waals surface area contributed by atoms with Gasteiger partial charge in [0.1, 0.15) is 0 Å². The second-order valence-corrected chi connectivity index (χ2v) is 8.70. The van der Waals surface area contributed by atoms with Crippen LogP contribution in [0.25, 0.3) is 0 Å². The van der Waals surface area contributed by atoms with Gasteiger partial charge in [-0.05, 0) is 61.6 Å².